The molecule has 0 saturated heterocycles. The van der Waals surface area contributed by atoms with Gasteiger partial charge >= 0.3 is 11.6 Å². The Morgan fingerprint density at radius 3 is 2.24 bits per heavy atom. The van der Waals surface area contributed by atoms with Crippen molar-refractivity contribution in [3.8, 4) is 17.2 Å². The molecule has 3 aromatic rings. The second-order valence-corrected chi connectivity index (χ2v) is 7.96. The molecule has 1 aromatic heterocycles. The van der Waals surface area contributed by atoms with Crippen LogP contribution in [0.5, 0.6) is 17.2 Å². The summed E-state index contributed by atoms with van der Waals surface area (Å²) in [6.45, 7) is 2.74. The third-order valence-electron chi connectivity index (χ3n) is 5.47. The van der Waals surface area contributed by atoms with Crippen molar-refractivity contribution < 1.29 is 23.4 Å². The first-order valence-electron chi connectivity index (χ1n) is 11.7. The van der Waals surface area contributed by atoms with Gasteiger partial charge in [-0.2, -0.15) is 0 Å². The van der Waals surface area contributed by atoms with E-state index in [0.29, 0.717) is 23.3 Å². The van der Waals surface area contributed by atoms with Crippen LogP contribution < -0.4 is 19.8 Å². The van der Waals surface area contributed by atoms with Crippen LogP contribution in [-0.4, -0.2) is 19.7 Å². The van der Waals surface area contributed by atoms with Gasteiger partial charge in [-0.15, -0.1) is 0 Å². The van der Waals surface area contributed by atoms with Gasteiger partial charge in [-0.25, -0.2) is 9.59 Å². The summed E-state index contributed by atoms with van der Waals surface area (Å²) in [6.07, 6.45) is 9.59. The van der Waals surface area contributed by atoms with Crippen LogP contribution >= 0.6 is 0 Å². The van der Waals surface area contributed by atoms with Crippen molar-refractivity contribution in [2.24, 2.45) is 0 Å². The van der Waals surface area contributed by atoms with Gasteiger partial charge in [0.1, 0.15) is 16.7 Å². The molecule has 1 heterocycles. The van der Waals surface area contributed by atoms with Gasteiger partial charge in [0, 0.05) is 0 Å². The lowest BCUT2D eigenvalue weighted by Gasteiger charge is -2.14. The predicted molar refractivity (Wildman–Crippen MR) is 129 cm³/mol. The molecule has 0 unspecified atom stereocenters. The van der Waals surface area contributed by atoms with E-state index in [-0.39, 0.29) is 17.1 Å². The van der Waals surface area contributed by atoms with Gasteiger partial charge in [0.15, 0.2) is 5.75 Å². The summed E-state index contributed by atoms with van der Waals surface area (Å²) in [5, 5.41) is 0.401. The third kappa shape index (κ3) is 6.60. The number of rotatable bonds is 13. The van der Waals surface area contributed by atoms with E-state index in [1.807, 2.05) is 0 Å². The molecule has 176 valence electrons. The average molecular weight is 453 g/mol. The standard InChI is InChI=1S/C27H32O6/c1-3-4-5-6-7-8-9-13-19-31-21-17-14-18-22-23(21)24(25(30-2)27(29)32-22)33-26(28)20-15-11-10-12-16-20/h10-12,14-18H,3-9,13,19H2,1-2H3. The fourth-order valence-electron chi connectivity index (χ4n) is 3.71. The van der Waals surface area contributed by atoms with Gasteiger partial charge in [-0.1, -0.05) is 76.1 Å². The van der Waals surface area contributed by atoms with E-state index in [4.69, 9.17) is 18.6 Å². The van der Waals surface area contributed by atoms with Gasteiger partial charge in [0.25, 0.3) is 0 Å². The monoisotopic (exact) mass is 452 g/mol. The van der Waals surface area contributed by atoms with Crippen LogP contribution in [-0.2, 0) is 0 Å². The second-order valence-electron chi connectivity index (χ2n) is 7.96. The first-order chi connectivity index (χ1) is 16.2. The number of benzene rings is 2. The molecular weight excluding hydrogens is 420 g/mol. The topological polar surface area (TPSA) is 75.0 Å². The van der Waals surface area contributed by atoms with E-state index < -0.39 is 11.6 Å². The molecule has 0 aliphatic heterocycles. The number of unbranched alkanes of at least 4 members (excludes halogenated alkanes) is 7. The Morgan fingerprint density at radius 1 is 0.848 bits per heavy atom. The summed E-state index contributed by atoms with van der Waals surface area (Å²) in [5.41, 5.74) is -0.0931. The first-order valence-corrected chi connectivity index (χ1v) is 11.7. The quantitative estimate of drug-likeness (QED) is 0.166. The van der Waals surface area contributed by atoms with E-state index in [0.717, 1.165) is 12.8 Å². The van der Waals surface area contributed by atoms with Crippen molar-refractivity contribution in [1.82, 2.24) is 0 Å². The molecule has 33 heavy (non-hydrogen) atoms. The molecule has 0 saturated carbocycles. The Labute approximate surface area is 194 Å². The number of ether oxygens (including phenoxy) is 3. The minimum Gasteiger partial charge on any atom is -0.493 e. The van der Waals surface area contributed by atoms with Gasteiger partial charge in [0.05, 0.1) is 19.3 Å². The maximum absolute atomic E-state index is 12.7. The van der Waals surface area contributed by atoms with Crippen LogP contribution in [0, 0.1) is 0 Å². The van der Waals surface area contributed by atoms with Crippen molar-refractivity contribution >= 4 is 16.9 Å². The molecule has 0 aliphatic rings. The van der Waals surface area contributed by atoms with E-state index >= 15 is 0 Å². The molecule has 0 spiro atoms. The van der Waals surface area contributed by atoms with Crippen molar-refractivity contribution in [2.75, 3.05) is 13.7 Å². The smallest absolute Gasteiger partial charge is 0.383 e. The molecule has 3 rings (SSSR count). The highest BCUT2D eigenvalue weighted by Crippen LogP contribution is 2.39. The van der Waals surface area contributed by atoms with Crippen LogP contribution in [0.15, 0.2) is 57.7 Å². The zero-order valence-electron chi connectivity index (χ0n) is 19.4. The third-order valence-corrected chi connectivity index (χ3v) is 5.47. The molecule has 0 fully saturated rings. The van der Waals surface area contributed by atoms with Crippen LogP contribution in [0.4, 0.5) is 0 Å². The second kappa shape index (κ2) is 12.7. The van der Waals surface area contributed by atoms with E-state index in [1.165, 1.54) is 45.6 Å². The van der Waals surface area contributed by atoms with Crippen LogP contribution in [0.3, 0.4) is 0 Å². The lowest BCUT2D eigenvalue weighted by atomic mass is 10.1. The molecule has 6 heteroatoms. The van der Waals surface area contributed by atoms with E-state index in [9.17, 15) is 9.59 Å². The highest BCUT2D eigenvalue weighted by atomic mass is 16.6. The SMILES string of the molecule is CCCCCCCCCCOc1cccc2oc(=O)c(OC)c(OC(=O)c3ccccc3)c12. The lowest BCUT2D eigenvalue weighted by Crippen LogP contribution is -2.13. The van der Waals surface area contributed by atoms with Crippen molar-refractivity contribution in [1.29, 1.82) is 0 Å². The average Bonchev–Trinajstić information content (AvgIpc) is 2.83. The number of fused-ring (bicyclic) bond motifs is 1. The van der Waals surface area contributed by atoms with Crippen LogP contribution in [0.1, 0.15) is 68.6 Å². The lowest BCUT2D eigenvalue weighted by molar-refractivity contribution is 0.0731. The number of methoxy groups -OCH3 is 1. The number of carbonyl (C=O) groups excluding carboxylic acids is 1. The molecule has 6 nitrogen and oxygen atoms in total. The molecular formula is C27H32O6. The zero-order valence-corrected chi connectivity index (χ0v) is 19.4. The van der Waals surface area contributed by atoms with Gasteiger partial charge < -0.3 is 18.6 Å². The molecule has 0 atom stereocenters. The predicted octanol–water partition coefficient (Wildman–Crippen LogP) is 6.54. The summed E-state index contributed by atoms with van der Waals surface area (Å²) in [5.74, 6) is -0.286. The molecule has 0 amide bonds. The van der Waals surface area contributed by atoms with Crippen molar-refractivity contribution in [3.05, 3.63) is 64.5 Å². The zero-order chi connectivity index (χ0) is 23.5. The van der Waals surface area contributed by atoms with Crippen LogP contribution in [0.25, 0.3) is 11.0 Å². The highest BCUT2D eigenvalue weighted by molar-refractivity contribution is 5.97. The largest absolute Gasteiger partial charge is 0.493 e. The summed E-state index contributed by atoms with van der Waals surface area (Å²) in [4.78, 5) is 25.1. The first kappa shape index (κ1) is 24.4. The summed E-state index contributed by atoms with van der Waals surface area (Å²) in [6, 6.07) is 13.7. The van der Waals surface area contributed by atoms with Gasteiger partial charge in [-0.3, -0.25) is 0 Å². The molecule has 0 bridgehead atoms. The molecule has 2 aromatic carbocycles. The minimum atomic E-state index is -0.721. The van der Waals surface area contributed by atoms with Crippen molar-refractivity contribution in [2.45, 2.75) is 58.3 Å². The van der Waals surface area contributed by atoms with E-state index in [1.54, 1.807) is 48.5 Å². The highest BCUT2D eigenvalue weighted by Gasteiger charge is 2.23. The number of carbonyl (C=O) groups is 1. The summed E-state index contributed by atoms with van der Waals surface area (Å²) < 4.78 is 22.3. The normalized spacial score (nSPS) is 10.8. The maximum atomic E-state index is 12.7. The Kier molecular flexibility index (Phi) is 9.36. The van der Waals surface area contributed by atoms with Crippen molar-refractivity contribution in [3.63, 3.8) is 0 Å². The fourth-order valence-corrected chi connectivity index (χ4v) is 3.71. The molecule has 0 radical (unpaired) electrons. The Balaban J connectivity index is 1.76. The van der Waals surface area contributed by atoms with E-state index in [2.05, 4.69) is 6.92 Å². The molecule has 0 aliphatic carbocycles. The summed E-state index contributed by atoms with van der Waals surface area (Å²) >= 11 is 0. The van der Waals surface area contributed by atoms with Crippen LogP contribution in [0.2, 0.25) is 0 Å². The fraction of sp³-hybridized carbons (Fsp3) is 0.407. The van der Waals surface area contributed by atoms with Gasteiger partial charge in [-0.05, 0) is 30.7 Å². The van der Waals surface area contributed by atoms with Gasteiger partial charge in [0.2, 0.25) is 5.75 Å². The number of hydrogen-bond acceptors (Lipinski definition) is 6. The summed E-state index contributed by atoms with van der Waals surface area (Å²) in [7, 11) is 1.34. The number of esters is 1. The Hall–Kier alpha value is -3.28. The molecule has 0 N–H and O–H groups in total. The number of hydrogen-bond donors (Lipinski definition) is 0. The Bertz CT molecular complexity index is 1090. The maximum Gasteiger partial charge on any atom is 0.383 e. The minimum absolute atomic E-state index is 0.00382. The Morgan fingerprint density at radius 2 is 1.55 bits per heavy atom.